The van der Waals surface area contributed by atoms with E-state index in [0.717, 1.165) is 4.90 Å². The van der Waals surface area contributed by atoms with Gasteiger partial charge in [-0.1, -0.05) is 6.07 Å². The van der Waals surface area contributed by atoms with Crippen LogP contribution in [0.5, 0.6) is 5.75 Å². The van der Waals surface area contributed by atoms with Crippen LogP contribution >= 0.6 is 0 Å². The summed E-state index contributed by atoms with van der Waals surface area (Å²) in [6.45, 7) is -0.214. The lowest BCUT2D eigenvalue weighted by molar-refractivity contribution is -0.117. The number of rotatable bonds is 3. The normalized spacial score (nSPS) is 19.4. The minimum absolute atomic E-state index is 0.0407. The first-order chi connectivity index (χ1) is 9.21. The second-order valence-electron chi connectivity index (χ2n) is 4.40. The molecule has 0 saturated carbocycles. The molecule has 0 spiro atoms. The molecule has 1 unspecified atom stereocenters. The number of carbonyl (C=O) groups excluding carboxylic acids is 1. The van der Waals surface area contributed by atoms with E-state index in [1.54, 1.807) is 0 Å². The van der Waals surface area contributed by atoms with Crippen LogP contribution in [0.4, 0.5) is 5.69 Å². The van der Waals surface area contributed by atoms with Crippen molar-refractivity contribution in [1.82, 2.24) is 0 Å². The van der Waals surface area contributed by atoms with Crippen molar-refractivity contribution >= 4 is 27.6 Å². The number of hydrogen-bond acceptors (Lipinski definition) is 5. The number of amides is 1. The van der Waals surface area contributed by atoms with Gasteiger partial charge in [0.15, 0.2) is 5.75 Å². The highest BCUT2D eigenvalue weighted by molar-refractivity contribution is 7.89. The molecule has 1 aliphatic rings. The van der Waals surface area contributed by atoms with E-state index >= 15 is 0 Å². The predicted molar refractivity (Wildman–Crippen MR) is 68.9 cm³/mol. The third-order valence-corrected chi connectivity index (χ3v) is 4.34. The smallest absolute Gasteiger partial charge is 0.339 e. The Morgan fingerprint density at radius 1 is 1.40 bits per heavy atom. The van der Waals surface area contributed by atoms with Gasteiger partial charge in [0.25, 0.3) is 0 Å². The summed E-state index contributed by atoms with van der Waals surface area (Å²) in [4.78, 5) is 23.8. The molecule has 0 bridgehead atoms. The number of carbonyl (C=O) groups is 2. The molecule has 1 aromatic rings. The van der Waals surface area contributed by atoms with Gasteiger partial charge in [0.2, 0.25) is 15.9 Å². The molecule has 1 saturated heterocycles. The predicted octanol–water partition coefficient (Wildman–Crippen LogP) is -0.516. The Labute approximate surface area is 114 Å². The maximum Gasteiger partial charge on any atom is 0.339 e. The average molecular weight is 300 g/mol. The Bertz CT molecular complexity index is 684. The van der Waals surface area contributed by atoms with Crippen LogP contribution < -0.4 is 10.0 Å². The molecule has 20 heavy (non-hydrogen) atoms. The van der Waals surface area contributed by atoms with E-state index in [1.807, 2.05) is 0 Å². The summed E-state index contributed by atoms with van der Waals surface area (Å²) in [5.74, 6) is -2.47. The molecule has 0 aromatic heterocycles. The minimum Gasteiger partial charge on any atom is -0.505 e. The molecule has 1 amide bonds. The number of nitrogens with zero attached hydrogens (tertiary/aromatic N) is 1. The summed E-state index contributed by atoms with van der Waals surface area (Å²) in [6, 6.07) is 3.88. The van der Waals surface area contributed by atoms with Crippen molar-refractivity contribution in [3.8, 4) is 5.75 Å². The number of hydrogen-bond donors (Lipinski definition) is 3. The maximum atomic E-state index is 11.8. The monoisotopic (exact) mass is 300 g/mol. The molecule has 1 fully saturated rings. The van der Waals surface area contributed by atoms with Gasteiger partial charge in [-0.25, -0.2) is 18.4 Å². The first kappa shape index (κ1) is 14.3. The Hall–Kier alpha value is -2.13. The fourth-order valence-corrected chi connectivity index (χ4v) is 2.78. The summed E-state index contributed by atoms with van der Waals surface area (Å²) in [5.41, 5.74) is -0.407. The van der Waals surface area contributed by atoms with Crippen LogP contribution in [0.15, 0.2) is 18.2 Å². The second-order valence-corrected chi connectivity index (χ2v) is 6.24. The Kier molecular flexibility index (Phi) is 3.40. The van der Waals surface area contributed by atoms with Crippen molar-refractivity contribution in [2.75, 3.05) is 11.4 Å². The largest absolute Gasteiger partial charge is 0.505 e. The highest BCUT2D eigenvalue weighted by Gasteiger charge is 2.38. The molecule has 9 heteroatoms. The molecule has 108 valence electrons. The molecule has 1 aromatic carbocycles. The highest BCUT2D eigenvalue weighted by Crippen LogP contribution is 2.34. The summed E-state index contributed by atoms with van der Waals surface area (Å²) in [5, 5.41) is 22.7. The zero-order valence-corrected chi connectivity index (χ0v) is 11.0. The van der Waals surface area contributed by atoms with Crippen LogP contribution in [0.1, 0.15) is 16.8 Å². The van der Waals surface area contributed by atoms with Crippen molar-refractivity contribution < 1.29 is 28.2 Å². The van der Waals surface area contributed by atoms with Gasteiger partial charge < -0.3 is 15.1 Å². The van der Waals surface area contributed by atoms with Gasteiger partial charge in [-0.2, -0.15) is 0 Å². The Morgan fingerprint density at radius 3 is 2.55 bits per heavy atom. The first-order valence-electron chi connectivity index (χ1n) is 5.59. The molecule has 1 aliphatic heterocycles. The molecule has 1 heterocycles. The van der Waals surface area contributed by atoms with Gasteiger partial charge in [-0.05, 0) is 12.1 Å². The number of nitrogens with two attached hydrogens (primary N) is 1. The third-order valence-electron chi connectivity index (χ3n) is 3.09. The van der Waals surface area contributed by atoms with Gasteiger partial charge in [-0.3, -0.25) is 4.79 Å². The minimum atomic E-state index is -3.88. The number of aromatic carboxylic acids is 1. The van der Waals surface area contributed by atoms with Crippen LogP contribution in [0, 0.1) is 0 Å². The fourth-order valence-electron chi connectivity index (χ4n) is 2.05. The quantitative estimate of drug-likeness (QED) is 0.687. The molecule has 2 rings (SSSR count). The lowest BCUT2D eigenvalue weighted by Crippen LogP contribution is -2.32. The van der Waals surface area contributed by atoms with Crippen LogP contribution in [0.2, 0.25) is 0 Å². The molecular weight excluding hydrogens is 288 g/mol. The van der Waals surface area contributed by atoms with Crippen molar-refractivity contribution in [3.63, 3.8) is 0 Å². The van der Waals surface area contributed by atoms with E-state index < -0.39 is 32.9 Å². The molecule has 0 radical (unpaired) electrons. The van der Waals surface area contributed by atoms with Gasteiger partial charge in [-0.15, -0.1) is 0 Å². The van der Waals surface area contributed by atoms with Gasteiger partial charge in [0, 0.05) is 13.0 Å². The number of benzene rings is 1. The first-order valence-corrected chi connectivity index (χ1v) is 7.20. The molecular formula is C11H12N2O6S. The standard InChI is InChI=1S/C11H12N2O6S/c12-20(18,19)6-4-9(14)13(5-6)8-3-1-2-7(10(8)15)11(16)17/h1-3,6,15H,4-5H2,(H,16,17)(H2,12,18,19). The van der Waals surface area contributed by atoms with Crippen molar-refractivity contribution in [3.05, 3.63) is 23.8 Å². The maximum absolute atomic E-state index is 11.8. The Morgan fingerprint density at radius 2 is 2.05 bits per heavy atom. The van der Waals surface area contributed by atoms with Crippen molar-refractivity contribution in [1.29, 1.82) is 0 Å². The highest BCUT2D eigenvalue weighted by atomic mass is 32.2. The Balaban J connectivity index is 2.41. The zero-order valence-electron chi connectivity index (χ0n) is 10.2. The lowest BCUT2D eigenvalue weighted by Gasteiger charge is -2.18. The van der Waals surface area contributed by atoms with Crippen LogP contribution in [-0.2, 0) is 14.8 Å². The summed E-state index contributed by atoms with van der Waals surface area (Å²) >= 11 is 0. The number of para-hydroxylation sites is 1. The topological polar surface area (TPSA) is 138 Å². The number of primary sulfonamides is 1. The van der Waals surface area contributed by atoms with Crippen LogP contribution in [0.25, 0.3) is 0 Å². The SMILES string of the molecule is NS(=O)(=O)C1CC(=O)N(c2cccc(C(=O)O)c2O)C1. The molecule has 1 atom stereocenters. The second kappa shape index (κ2) is 4.76. The number of anilines is 1. The van der Waals surface area contributed by atoms with Crippen LogP contribution in [-0.4, -0.2) is 42.3 Å². The average Bonchev–Trinajstić information content (AvgIpc) is 2.71. The van der Waals surface area contributed by atoms with Gasteiger partial charge in [0.1, 0.15) is 10.8 Å². The van der Waals surface area contributed by atoms with Crippen molar-refractivity contribution in [2.45, 2.75) is 11.7 Å². The number of aromatic hydroxyl groups is 1. The van der Waals surface area contributed by atoms with Crippen molar-refractivity contribution in [2.24, 2.45) is 5.14 Å². The zero-order chi connectivity index (χ0) is 15.1. The summed E-state index contributed by atoms with van der Waals surface area (Å²) in [6.07, 6.45) is -0.296. The van der Waals surface area contributed by atoms with E-state index in [0.29, 0.717) is 0 Å². The number of carboxylic acids is 1. The summed E-state index contributed by atoms with van der Waals surface area (Å²) in [7, 11) is -3.88. The fraction of sp³-hybridized carbons (Fsp3) is 0.273. The number of sulfonamides is 1. The van der Waals surface area contributed by atoms with E-state index in [9.17, 15) is 23.1 Å². The van der Waals surface area contributed by atoms with E-state index in [-0.39, 0.29) is 24.2 Å². The number of phenols is 1. The van der Waals surface area contributed by atoms with Crippen LogP contribution in [0.3, 0.4) is 0 Å². The molecule has 0 aliphatic carbocycles. The van der Waals surface area contributed by atoms with E-state index in [2.05, 4.69) is 0 Å². The third kappa shape index (κ3) is 2.45. The molecule has 8 nitrogen and oxygen atoms in total. The number of carboxylic acid groups (broad SMARTS) is 1. The summed E-state index contributed by atoms with van der Waals surface area (Å²) < 4.78 is 22.5. The van der Waals surface area contributed by atoms with Gasteiger partial charge in [0.05, 0.1) is 5.69 Å². The van der Waals surface area contributed by atoms with Gasteiger partial charge >= 0.3 is 5.97 Å². The van der Waals surface area contributed by atoms with E-state index in [4.69, 9.17) is 10.2 Å². The molecule has 4 N–H and O–H groups in total. The lowest BCUT2D eigenvalue weighted by atomic mass is 10.1. The van der Waals surface area contributed by atoms with E-state index in [1.165, 1.54) is 18.2 Å².